The first-order valence-corrected chi connectivity index (χ1v) is 14.8. The highest BCUT2D eigenvalue weighted by molar-refractivity contribution is 5.90. The summed E-state index contributed by atoms with van der Waals surface area (Å²) >= 11 is 0. The molecule has 11 nitrogen and oxygen atoms in total. The number of amides is 1. The Kier molecular flexibility index (Phi) is 11.1. The molecule has 2 aromatic heterocycles. The molecule has 1 aliphatic heterocycles. The zero-order chi connectivity index (χ0) is 35.4. The molecule has 48 heavy (non-hydrogen) atoms. The molecular weight excluding hydrogens is 650 g/mol. The van der Waals surface area contributed by atoms with E-state index in [4.69, 9.17) is 15.2 Å². The Morgan fingerprint density at radius 2 is 1.65 bits per heavy atom. The largest absolute Gasteiger partial charge is 0.481 e. The second-order valence-electron chi connectivity index (χ2n) is 10.9. The number of alkyl halides is 6. The van der Waals surface area contributed by atoms with Gasteiger partial charge in [0.1, 0.15) is 11.9 Å². The van der Waals surface area contributed by atoms with Crippen LogP contribution in [0.3, 0.4) is 0 Å². The third-order valence-corrected chi connectivity index (χ3v) is 7.74. The van der Waals surface area contributed by atoms with E-state index in [1.54, 1.807) is 13.0 Å². The van der Waals surface area contributed by atoms with Crippen LogP contribution in [-0.4, -0.2) is 59.9 Å². The topological polar surface area (TPSA) is 142 Å². The Morgan fingerprint density at radius 3 is 2.17 bits per heavy atom. The van der Waals surface area contributed by atoms with Crippen molar-refractivity contribution in [3.63, 3.8) is 0 Å². The van der Waals surface area contributed by atoms with E-state index in [9.17, 15) is 35.9 Å². The minimum absolute atomic E-state index is 0.0331. The molecule has 0 radical (unpaired) electrons. The summed E-state index contributed by atoms with van der Waals surface area (Å²) in [7, 11) is 2.52. The van der Waals surface area contributed by atoms with Crippen molar-refractivity contribution in [2.24, 2.45) is 5.73 Å². The Labute approximate surface area is 271 Å². The molecule has 0 fully saturated rings. The first-order valence-electron chi connectivity index (χ1n) is 14.8. The first kappa shape index (κ1) is 36.3. The van der Waals surface area contributed by atoms with Gasteiger partial charge in [0.15, 0.2) is 0 Å². The molecule has 1 aliphatic rings. The number of halogens is 6. The van der Waals surface area contributed by atoms with Crippen molar-refractivity contribution < 1.29 is 50.1 Å². The van der Waals surface area contributed by atoms with Crippen molar-refractivity contribution in [2.45, 2.75) is 69.6 Å². The molecule has 0 aliphatic carbocycles. The minimum Gasteiger partial charge on any atom is -0.481 e. The molecule has 3 aromatic rings. The Morgan fingerprint density at radius 1 is 1.02 bits per heavy atom. The molecule has 4 atom stereocenters. The van der Waals surface area contributed by atoms with Crippen LogP contribution in [0.4, 0.5) is 36.8 Å². The number of methoxy groups -OCH3 is 2. The number of ether oxygens (including phenoxy) is 3. The number of benzene rings is 1. The third kappa shape index (κ3) is 8.13. The minimum atomic E-state index is -5.12. The normalized spacial score (nSPS) is 17.7. The van der Waals surface area contributed by atoms with Crippen LogP contribution in [0.15, 0.2) is 42.7 Å². The maximum Gasteiger partial charge on any atom is 0.416 e. The number of rotatable bonds is 10. The lowest BCUT2D eigenvalue weighted by Gasteiger charge is -2.40. The van der Waals surface area contributed by atoms with Crippen LogP contribution in [0.5, 0.6) is 5.88 Å². The van der Waals surface area contributed by atoms with Crippen molar-refractivity contribution in [2.75, 3.05) is 25.7 Å². The van der Waals surface area contributed by atoms with E-state index in [2.05, 4.69) is 25.0 Å². The van der Waals surface area contributed by atoms with Crippen LogP contribution < -0.4 is 20.7 Å². The summed E-state index contributed by atoms with van der Waals surface area (Å²) in [6.07, 6.45) is -7.84. The first-order chi connectivity index (χ1) is 22.6. The molecule has 1 amide bonds. The molecule has 260 valence electrons. The predicted octanol–water partition coefficient (Wildman–Crippen LogP) is 5.53. The average molecular weight is 685 g/mol. The molecule has 4 rings (SSSR count). The molecule has 0 saturated heterocycles. The van der Waals surface area contributed by atoms with E-state index in [1.807, 2.05) is 6.92 Å². The molecular formula is C31H34F6N6O5. The van der Waals surface area contributed by atoms with Gasteiger partial charge in [-0.25, -0.2) is 19.7 Å². The lowest BCUT2D eigenvalue weighted by Crippen LogP contribution is -2.48. The molecule has 17 heteroatoms. The van der Waals surface area contributed by atoms with E-state index in [-0.39, 0.29) is 42.9 Å². The number of carbonyl (C=O) groups is 2. The van der Waals surface area contributed by atoms with E-state index in [0.29, 0.717) is 29.8 Å². The van der Waals surface area contributed by atoms with Crippen LogP contribution in [0, 0.1) is 0 Å². The third-order valence-electron chi connectivity index (χ3n) is 7.74. The maximum absolute atomic E-state index is 13.9. The number of esters is 1. The zero-order valence-corrected chi connectivity index (χ0v) is 26.4. The maximum atomic E-state index is 13.9. The lowest BCUT2D eigenvalue weighted by atomic mass is 9.91. The quantitative estimate of drug-likeness (QED) is 0.207. The Bertz CT molecular complexity index is 1570. The van der Waals surface area contributed by atoms with Crippen LogP contribution in [0.2, 0.25) is 0 Å². The number of carbonyl (C=O) groups excluding carboxylic acids is 2. The van der Waals surface area contributed by atoms with Gasteiger partial charge in [-0.3, -0.25) is 15.0 Å². The molecule has 0 spiro atoms. The lowest BCUT2D eigenvalue weighted by molar-refractivity contribution is -0.143. The van der Waals surface area contributed by atoms with Crippen molar-refractivity contribution >= 4 is 17.7 Å². The number of nitrogens with zero attached hydrogens (tertiary/aromatic N) is 4. The summed E-state index contributed by atoms with van der Waals surface area (Å²) in [4.78, 5) is 39.3. The van der Waals surface area contributed by atoms with Gasteiger partial charge in [0.05, 0.1) is 55.4 Å². The molecule has 1 aromatic carbocycles. The molecule has 0 saturated carbocycles. The summed E-state index contributed by atoms with van der Waals surface area (Å²) in [5.74, 6) is -0.733. The number of nitrogens with two attached hydrogens (primary N) is 1. The fourth-order valence-corrected chi connectivity index (χ4v) is 5.42. The number of pyridine rings is 1. The van der Waals surface area contributed by atoms with Crippen molar-refractivity contribution in [1.29, 1.82) is 0 Å². The highest BCUT2D eigenvalue weighted by Gasteiger charge is 2.41. The second-order valence-corrected chi connectivity index (χ2v) is 10.9. The Hall–Kier alpha value is -4.51. The standard InChI is InChI=1S/C31H34F6N6O5/c1-5-20-13-22(26-23(7-8-24(42-26)46-3)43(20)29(45)48-6-2)41-25(27-39-14-16(15-40-27)9-21(38)28(44)47-4)17-10-18(30(32,33)34)12-19(11-17)31(35,36)37/h7-8,10-12,14-15,20-22,25,41H,5-6,9,13,38H2,1-4H3/t20-,21?,22+,25?/m1/s1. The van der Waals surface area contributed by atoms with Gasteiger partial charge < -0.3 is 19.9 Å². The second kappa shape index (κ2) is 14.7. The van der Waals surface area contributed by atoms with Crippen LogP contribution in [0.1, 0.15) is 72.5 Å². The van der Waals surface area contributed by atoms with Gasteiger partial charge in [0.25, 0.3) is 0 Å². The van der Waals surface area contributed by atoms with Crippen LogP contribution in [-0.2, 0) is 33.0 Å². The van der Waals surface area contributed by atoms with Crippen LogP contribution >= 0.6 is 0 Å². The molecule has 2 unspecified atom stereocenters. The number of nitrogens with one attached hydrogen (secondary N) is 1. The van der Waals surface area contributed by atoms with Gasteiger partial charge in [0.2, 0.25) is 5.88 Å². The zero-order valence-electron chi connectivity index (χ0n) is 26.4. The predicted molar refractivity (Wildman–Crippen MR) is 159 cm³/mol. The molecule has 3 heterocycles. The van der Waals surface area contributed by atoms with E-state index >= 15 is 0 Å². The molecule has 0 bridgehead atoms. The monoisotopic (exact) mass is 684 g/mol. The number of hydrogen-bond acceptors (Lipinski definition) is 10. The smallest absolute Gasteiger partial charge is 0.416 e. The van der Waals surface area contributed by atoms with Crippen molar-refractivity contribution in [3.05, 3.63) is 76.5 Å². The number of anilines is 1. The summed E-state index contributed by atoms with van der Waals surface area (Å²) in [6.45, 7) is 3.55. The van der Waals surface area contributed by atoms with Gasteiger partial charge in [-0.1, -0.05) is 6.92 Å². The van der Waals surface area contributed by atoms with E-state index < -0.39 is 65.3 Å². The molecule has 3 N–H and O–H groups in total. The SMILES string of the molecule is CCOC(=O)N1c2ccc(OC)nc2[C@@H](NC(c2cc(C(F)(F)F)cc(C(F)(F)F)c2)c2ncc(CC(N)C(=O)OC)cn2)C[C@H]1CC. The van der Waals surface area contributed by atoms with E-state index in [1.165, 1.54) is 30.5 Å². The van der Waals surface area contributed by atoms with Gasteiger partial charge in [-0.2, -0.15) is 26.3 Å². The van der Waals surface area contributed by atoms with Gasteiger partial charge in [0, 0.05) is 30.9 Å². The average Bonchev–Trinajstić information content (AvgIpc) is 3.05. The summed E-state index contributed by atoms with van der Waals surface area (Å²) in [6, 6.07) is 0.456. The highest BCUT2D eigenvalue weighted by Crippen LogP contribution is 2.42. The van der Waals surface area contributed by atoms with Crippen LogP contribution in [0.25, 0.3) is 0 Å². The van der Waals surface area contributed by atoms with E-state index in [0.717, 1.165) is 7.11 Å². The Balaban J connectivity index is 1.88. The number of hydrogen-bond donors (Lipinski definition) is 2. The summed E-state index contributed by atoms with van der Waals surface area (Å²) in [5, 5.41) is 3.14. The van der Waals surface area contributed by atoms with Crippen molar-refractivity contribution in [3.8, 4) is 5.88 Å². The number of fused-ring (bicyclic) bond motifs is 1. The van der Waals surface area contributed by atoms with Crippen molar-refractivity contribution in [1.82, 2.24) is 20.3 Å². The fourth-order valence-electron chi connectivity index (χ4n) is 5.42. The summed E-state index contributed by atoms with van der Waals surface area (Å²) in [5.41, 5.74) is 3.26. The van der Waals surface area contributed by atoms with Gasteiger partial charge >= 0.3 is 24.4 Å². The summed E-state index contributed by atoms with van der Waals surface area (Å²) < 4.78 is 98.9. The fraction of sp³-hybridized carbons (Fsp3) is 0.452. The van der Waals surface area contributed by atoms with Gasteiger partial charge in [-0.05, 0) is 55.2 Å². The van der Waals surface area contributed by atoms with Gasteiger partial charge in [-0.15, -0.1) is 0 Å². The number of aromatic nitrogens is 3. The highest BCUT2D eigenvalue weighted by atomic mass is 19.4.